The first-order valence-corrected chi connectivity index (χ1v) is 7.69. The summed E-state index contributed by atoms with van der Waals surface area (Å²) in [4.78, 5) is 11.7. The number of ether oxygens (including phenoxy) is 1. The van der Waals surface area contributed by atoms with E-state index in [0.29, 0.717) is 17.0 Å². The van der Waals surface area contributed by atoms with Crippen molar-refractivity contribution in [2.24, 2.45) is 11.7 Å². The molecular weight excluding hydrogens is 333 g/mol. The standard InChI is InChI=1S/C18H19F3N2O2/c1-12(10-22)17(24)23-15-5-7-16(8-6-15)25-11-13-3-2-4-14(9-13)18(19,20)21/h2-9,12H,10-11,22H2,1H3,(H,23,24). The molecule has 0 aliphatic carbocycles. The number of amides is 1. The van der Waals surface area contributed by atoms with Gasteiger partial charge >= 0.3 is 6.18 Å². The predicted molar refractivity (Wildman–Crippen MR) is 89.1 cm³/mol. The third-order valence-electron chi connectivity index (χ3n) is 3.58. The van der Waals surface area contributed by atoms with Gasteiger partial charge in [-0.2, -0.15) is 13.2 Å². The van der Waals surface area contributed by atoms with Crippen LogP contribution < -0.4 is 15.8 Å². The number of benzene rings is 2. The zero-order chi connectivity index (χ0) is 18.4. The Bertz CT molecular complexity index is 715. The van der Waals surface area contributed by atoms with Gasteiger partial charge in [0.15, 0.2) is 0 Å². The lowest BCUT2D eigenvalue weighted by Gasteiger charge is -2.12. The quantitative estimate of drug-likeness (QED) is 0.831. The van der Waals surface area contributed by atoms with Gasteiger partial charge in [0.2, 0.25) is 5.91 Å². The Labute approximate surface area is 143 Å². The number of hydrogen-bond donors (Lipinski definition) is 2. The highest BCUT2D eigenvalue weighted by molar-refractivity contribution is 5.92. The van der Waals surface area contributed by atoms with Crippen LogP contribution >= 0.6 is 0 Å². The molecule has 134 valence electrons. The van der Waals surface area contributed by atoms with E-state index in [1.807, 2.05) is 0 Å². The lowest BCUT2D eigenvalue weighted by Crippen LogP contribution is -2.26. The highest BCUT2D eigenvalue weighted by Crippen LogP contribution is 2.29. The largest absolute Gasteiger partial charge is 0.489 e. The number of rotatable bonds is 6. The van der Waals surface area contributed by atoms with Gasteiger partial charge in [0.1, 0.15) is 12.4 Å². The molecule has 0 heterocycles. The number of hydrogen-bond acceptors (Lipinski definition) is 3. The third kappa shape index (κ3) is 5.49. The summed E-state index contributed by atoms with van der Waals surface area (Å²) in [6.07, 6.45) is -4.38. The van der Waals surface area contributed by atoms with Crippen molar-refractivity contribution in [3.63, 3.8) is 0 Å². The summed E-state index contributed by atoms with van der Waals surface area (Å²) < 4.78 is 43.5. The molecular formula is C18H19F3N2O2. The molecule has 7 heteroatoms. The van der Waals surface area contributed by atoms with Gasteiger partial charge in [-0.1, -0.05) is 19.1 Å². The Kier molecular flexibility index (Phi) is 6.03. The summed E-state index contributed by atoms with van der Waals surface area (Å²) in [5, 5.41) is 2.72. The molecule has 2 aromatic rings. The first kappa shape index (κ1) is 18.8. The van der Waals surface area contributed by atoms with Crippen LogP contribution in [0.5, 0.6) is 5.75 Å². The summed E-state index contributed by atoms with van der Waals surface area (Å²) in [7, 11) is 0. The first-order valence-electron chi connectivity index (χ1n) is 7.69. The molecule has 0 aromatic heterocycles. The maximum atomic E-state index is 12.7. The molecule has 2 aromatic carbocycles. The molecule has 4 nitrogen and oxygen atoms in total. The maximum absolute atomic E-state index is 12.7. The first-order chi connectivity index (χ1) is 11.8. The number of halogens is 3. The van der Waals surface area contributed by atoms with E-state index in [-0.39, 0.29) is 25.0 Å². The van der Waals surface area contributed by atoms with E-state index in [0.717, 1.165) is 12.1 Å². The number of carbonyl (C=O) groups is 1. The van der Waals surface area contributed by atoms with Gasteiger partial charge in [0.25, 0.3) is 0 Å². The second-order valence-electron chi connectivity index (χ2n) is 5.64. The summed E-state index contributed by atoms with van der Waals surface area (Å²) in [6.45, 7) is 1.99. The van der Waals surface area contributed by atoms with Crippen LogP contribution in [-0.4, -0.2) is 12.5 Å². The molecule has 0 bridgehead atoms. The molecule has 2 rings (SSSR count). The van der Waals surface area contributed by atoms with Crippen LogP contribution in [0, 0.1) is 5.92 Å². The second-order valence-corrected chi connectivity index (χ2v) is 5.64. The van der Waals surface area contributed by atoms with Crippen molar-refractivity contribution in [3.8, 4) is 5.75 Å². The smallest absolute Gasteiger partial charge is 0.416 e. The summed E-state index contributed by atoms with van der Waals surface area (Å²) >= 11 is 0. The Hall–Kier alpha value is -2.54. The van der Waals surface area contributed by atoms with Crippen LogP contribution in [0.3, 0.4) is 0 Å². The van der Waals surface area contributed by atoms with Crippen LogP contribution in [0.2, 0.25) is 0 Å². The minimum absolute atomic E-state index is 0.0137. The van der Waals surface area contributed by atoms with Gasteiger partial charge in [0, 0.05) is 18.2 Å². The molecule has 0 radical (unpaired) electrons. The maximum Gasteiger partial charge on any atom is 0.416 e. The van der Waals surface area contributed by atoms with E-state index in [1.54, 1.807) is 37.3 Å². The fourth-order valence-corrected chi connectivity index (χ4v) is 2.01. The summed E-state index contributed by atoms with van der Waals surface area (Å²) in [5.41, 5.74) is 5.74. The van der Waals surface area contributed by atoms with Gasteiger partial charge in [-0.15, -0.1) is 0 Å². The molecule has 1 atom stereocenters. The van der Waals surface area contributed by atoms with E-state index in [4.69, 9.17) is 10.5 Å². The molecule has 0 fully saturated rings. The number of nitrogens with two attached hydrogens (primary N) is 1. The highest BCUT2D eigenvalue weighted by Gasteiger charge is 2.30. The second kappa shape index (κ2) is 8.02. The lowest BCUT2D eigenvalue weighted by atomic mass is 10.1. The average molecular weight is 352 g/mol. The van der Waals surface area contributed by atoms with E-state index in [1.165, 1.54) is 6.07 Å². The van der Waals surface area contributed by atoms with E-state index < -0.39 is 11.7 Å². The van der Waals surface area contributed by atoms with Crippen LogP contribution in [0.1, 0.15) is 18.1 Å². The van der Waals surface area contributed by atoms with Gasteiger partial charge in [-0.05, 0) is 42.0 Å². The van der Waals surface area contributed by atoms with Crippen molar-refractivity contribution in [2.45, 2.75) is 19.7 Å². The van der Waals surface area contributed by atoms with E-state index in [9.17, 15) is 18.0 Å². The van der Waals surface area contributed by atoms with Crippen molar-refractivity contribution < 1.29 is 22.7 Å². The van der Waals surface area contributed by atoms with E-state index in [2.05, 4.69) is 5.32 Å². The Morgan fingerprint density at radius 2 is 1.88 bits per heavy atom. The fourth-order valence-electron chi connectivity index (χ4n) is 2.01. The molecule has 0 spiro atoms. The van der Waals surface area contributed by atoms with Crippen molar-refractivity contribution in [1.82, 2.24) is 0 Å². The van der Waals surface area contributed by atoms with Gasteiger partial charge < -0.3 is 15.8 Å². The Balaban J connectivity index is 1.95. The number of alkyl halides is 3. The van der Waals surface area contributed by atoms with Crippen molar-refractivity contribution in [2.75, 3.05) is 11.9 Å². The molecule has 0 aliphatic heterocycles. The van der Waals surface area contributed by atoms with Crippen molar-refractivity contribution >= 4 is 11.6 Å². The van der Waals surface area contributed by atoms with Crippen LogP contribution in [0.4, 0.5) is 18.9 Å². The van der Waals surface area contributed by atoms with Gasteiger partial charge in [-0.3, -0.25) is 4.79 Å². The molecule has 1 amide bonds. The summed E-state index contributed by atoms with van der Waals surface area (Å²) in [5.74, 6) is 0.0132. The molecule has 25 heavy (non-hydrogen) atoms. The average Bonchev–Trinajstić information content (AvgIpc) is 2.60. The molecule has 3 N–H and O–H groups in total. The minimum atomic E-state index is -4.38. The molecule has 0 aliphatic rings. The Morgan fingerprint density at radius 3 is 2.48 bits per heavy atom. The Morgan fingerprint density at radius 1 is 1.20 bits per heavy atom. The predicted octanol–water partition coefficient (Wildman–Crippen LogP) is 3.82. The van der Waals surface area contributed by atoms with Crippen LogP contribution in [0.25, 0.3) is 0 Å². The highest BCUT2D eigenvalue weighted by atomic mass is 19.4. The number of carbonyl (C=O) groups excluding carboxylic acids is 1. The SMILES string of the molecule is CC(CN)C(=O)Nc1ccc(OCc2cccc(C(F)(F)F)c2)cc1. The lowest BCUT2D eigenvalue weighted by molar-refractivity contribution is -0.137. The van der Waals surface area contributed by atoms with Crippen LogP contribution in [-0.2, 0) is 17.6 Å². The van der Waals surface area contributed by atoms with Crippen LogP contribution in [0.15, 0.2) is 48.5 Å². The van der Waals surface area contributed by atoms with Gasteiger partial charge in [-0.25, -0.2) is 0 Å². The third-order valence-corrected chi connectivity index (χ3v) is 3.58. The molecule has 0 saturated carbocycles. The number of anilines is 1. The van der Waals surface area contributed by atoms with E-state index >= 15 is 0 Å². The number of nitrogens with one attached hydrogen (secondary N) is 1. The zero-order valence-corrected chi connectivity index (χ0v) is 13.6. The normalized spacial score (nSPS) is 12.5. The van der Waals surface area contributed by atoms with Gasteiger partial charge in [0.05, 0.1) is 5.56 Å². The minimum Gasteiger partial charge on any atom is -0.489 e. The van der Waals surface area contributed by atoms with Crippen molar-refractivity contribution in [3.05, 3.63) is 59.7 Å². The monoisotopic (exact) mass is 352 g/mol. The zero-order valence-electron chi connectivity index (χ0n) is 13.6. The molecule has 1 unspecified atom stereocenters. The van der Waals surface area contributed by atoms with Crippen molar-refractivity contribution in [1.29, 1.82) is 0 Å². The fraction of sp³-hybridized carbons (Fsp3) is 0.278. The topological polar surface area (TPSA) is 64.4 Å². The summed E-state index contributed by atoms with van der Waals surface area (Å²) in [6, 6.07) is 11.6. The molecule has 0 saturated heterocycles.